The summed E-state index contributed by atoms with van der Waals surface area (Å²) < 4.78 is 7.30. The molecule has 2 aliphatic rings. The van der Waals surface area contributed by atoms with Crippen molar-refractivity contribution in [2.24, 2.45) is 0 Å². The van der Waals surface area contributed by atoms with Crippen LogP contribution < -0.4 is 10.5 Å². The minimum absolute atomic E-state index is 0.111. The number of aromatic nitrogens is 1. The maximum absolute atomic E-state index is 13.3. The van der Waals surface area contributed by atoms with Crippen molar-refractivity contribution in [3.63, 3.8) is 0 Å². The zero-order valence-corrected chi connectivity index (χ0v) is 23.7. The molecule has 4 rings (SSSR count). The molecule has 3 heterocycles. The molecule has 0 spiro atoms. The second-order valence-corrected chi connectivity index (χ2v) is 11.0. The molecule has 38 heavy (non-hydrogen) atoms. The first-order valence-electron chi connectivity index (χ1n) is 12.8. The quantitative estimate of drug-likeness (QED) is 0.266. The Balaban J connectivity index is 1.68. The summed E-state index contributed by atoms with van der Waals surface area (Å²) in [6.45, 7) is 9.18. The standard InChI is InChI=1S/C28H33N5O3S2/c1-4-32-25(31-14-12-30(13-15-31)19-21-9-6-5-7-10-21)22(20(2)23(18-29)26(32)34)17-24-27(35)33(28(37)38-24)11-8-16-36-3/h5-7,9-10,17H,4,8,11-16,19H2,1-3H3. The maximum Gasteiger partial charge on any atom is 0.270 e. The predicted molar refractivity (Wildman–Crippen MR) is 156 cm³/mol. The number of piperazine rings is 1. The molecule has 1 amide bonds. The van der Waals surface area contributed by atoms with Gasteiger partial charge in [-0.25, -0.2) is 0 Å². The summed E-state index contributed by atoms with van der Waals surface area (Å²) in [6, 6.07) is 12.5. The van der Waals surface area contributed by atoms with Gasteiger partial charge in [0.2, 0.25) is 0 Å². The van der Waals surface area contributed by atoms with E-state index in [-0.39, 0.29) is 17.0 Å². The van der Waals surface area contributed by atoms with Gasteiger partial charge in [-0.05, 0) is 37.5 Å². The van der Waals surface area contributed by atoms with Gasteiger partial charge in [-0.15, -0.1) is 0 Å². The monoisotopic (exact) mass is 551 g/mol. The fourth-order valence-corrected chi connectivity index (χ4v) is 6.22. The molecule has 2 fully saturated rings. The highest BCUT2D eigenvalue weighted by Crippen LogP contribution is 2.36. The van der Waals surface area contributed by atoms with E-state index >= 15 is 0 Å². The Morgan fingerprint density at radius 3 is 2.50 bits per heavy atom. The van der Waals surface area contributed by atoms with E-state index in [0.29, 0.717) is 40.9 Å². The third-order valence-electron chi connectivity index (χ3n) is 6.96. The summed E-state index contributed by atoms with van der Waals surface area (Å²) in [7, 11) is 1.63. The fraction of sp³-hybridized carbons (Fsp3) is 0.429. The van der Waals surface area contributed by atoms with Crippen molar-refractivity contribution < 1.29 is 9.53 Å². The average molecular weight is 552 g/mol. The molecule has 0 aliphatic carbocycles. The largest absolute Gasteiger partial charge is 0.385 e. The molecule has 1 aromatic carbocycles. The Kier molecular flexibility index (Phi) is 9.39. The molecule has 200 valence electrons. The zero-order valence-electron chi connectivity index (χ0n) is 22.1. The van der Waals surface area contributed by atoms with E-state index in [2.05, 4.69) is 40.1 Å². The second kappa shape index (κ2) is 12.7. The topological polar surface area (TPSA) is 81.8 Å². The van der Waals surface area contributed by atoms with Gasteiger partial charge in [0.1, 0.15) is 21.8 Å². The van der Waals surface area contributed by atoms with E-state index < -0.39 is 0 Å². The van der Waals surface area contributed by atoms with Crippen LogP contribution in [0.4, 0.5) is 5.82 Å². The lowest BCUT2D eigenvalue weighted by atomic mass is 10.0. The smallest absolute Gasteiger partial charge is 0.270 e. The number of thioether (sulfide) groups is 1. The van der Waals surface area contributed by atoms with Crippen LogP contribution in [0.15, 0.2) is 40.0 Å². The molecular formula is C28H33N5O3S2. The van der Waals surface area contributed by atoms with E-state index in [4.69, 9.17) is 17.0 Å². The first-order chi connectivity index (χ1) is 18.4. The molecule has 1 aromatic heterocycles. The first kappa shape index (κ1) is 28.0. The number of hydrogen-bond acceptors (Lipinski definition) is 8. The van der Waals surface area contributed by atoms with Crippen molar-refractivity contribution >= 4 is 46.1 Å². The van der Waals surface area contributed by atoms with Crippen molar-refractivity contribution in [2.45, 2.75) is 33.4 Å². The highest BCUT2D eigenvalue weighted by molar-refractivity contribution is 8.26. The van der Waals surface area contributed by atoms with Crippen molar-refractivity contribution in [2.75, 3.05) is 51.3 Å². The molecule has 2 saturated heterocycles. The van der Waals surface area contributed by atoms with Gasteiger partial charge in [0.25, 0.3) is 11.5 Å². The van der Waals surface area contributed by atoms with Crippen LogP contribution in [-0.4, -0.2) is 71.0 Å². The van der Waals surface area contributed by atoms with E-state index in [1.54, 1.807) is 23.5 Å². The number of benzene rings is 1. The number of carbonyl (C=O) groups is 1. The molecule has 0 unspecified atom stereocenters. The van der Waals surface area contributed by atoms with Crippen LogP contribution in [0.3, 0.4) is 0 Å². The number of anilines is 1. The lowest BCUT2D eigenvalue weighted by molar-refractivity contribution is -0.122. The number of thiocarbonyl (C=S) groups is 1. The Bertz CT molecular complexity index is 1320. The average Bonchev–Trinajstić information content (AvgIpc) is 3.19. The van der Waals surface area contributed by atoms with Crippen LogP contribution in [0.2, 0.25) is 0 Å². The van der Waals surface area contributed by atoms with Crippen molar-refractivity contribution in [3.05, 3.63) is 67.8 Å². The highest BCUT2D eigenvalue weighted by Gasteiger charge is 2.33. The van der Waals surface area contributed by atoms with Crippen LogP contribution in [-0.2, 0) is 22.6 Å². The van der Waals surface area contributed by atoms with Gasteiger partial charge in [0.15, 0.2) is 0 Å². The molecule has 0 N–H and O–H groups in total. The van der Waals surface area contributed by atoms with Gasteiger partial charge in [-0.1, -0.05) is 54.3 Å². The number of nitriles is 1. The lowest BCUT2D eigenvalue weighted by Crippen LogP contribution is -2.48. The highest BCUT2D eigenvalue weighted by atomic mass is 32.2. The number of rotatable bonds is 9. The number of amides is 1. The molecule has 2 aromatic rings. The van der Waals surface area contributed by atoms with Crippen LogP contribution in [0.1, 0.15) is 35.6 Å². The fourth-order valence-electron chi connectivity index (χ4n) is 4.93. The van der Waals surface area contributed by atoms with Gasteiger partial charge in [-0.3, -0.25) is 24.0 Å². The normalized spacial score (nSPS) is 17.5. The van der Waals surface area contributed by atoms with Crippen molar-refractivity contribution in [1.82, 2.24) is 14.4 Å². The first-order valence-corrected chi connectivity index (χ1v) is 14.0. The number of carbonyl (C=O) groups excluding carboxylic acids is 1. The zero-order chi connectivity index (χ0) is 27.2. The van der Waals surface area contributed by atoms with Crippen molar-refractivity contribution in [3.8, 4) is 6.07 Å². The number of hydrogen-bond donors (Lipinski definition) is 0. The van der Waals surface area contributed by atoms with Crippen LogP contribution in [0.5, 0.6) is 0 Å². The molecule has 10 heteroatoms. The predicted octanol–water partition coefficient (Wildman–Crippen LogP) is 3.61. The minimum atomic E-state index is -0.293. The number of methoxy groups -OCH3 is 1. The van der Waals surface area contributed by atoms with E-state index in [1.807, 2.05) is 19.1 Å². The molecule has 0 saturated carbocycles. The summed E-state index contributed by atoms with van der Waals surface area (Å²) in [5, 5.41) is 9.82. The molecular weight excluding hydrogens is 518 g/mol. The second-order valence-electron chi connectivity index (χ2n) is 9.33. The Morgan fingerprint density at radius 2 is 1.87 bits per heavy atom. The van der Waals surface area contributed by atoms with Crippen molar-refractivity contribution in [1.29, 1.82) is 5.26 Å². The van der Waals surface area contributed by atoms with Crippen LogP contribution >= 0.6 is 24.0 Å². The molecule has 0 radical (unpaired) electrons. The third-order valence-corrected chi connectivity index (χ3v) is 8.34. The van der Waals surface area contributed by atoms with Gasteiger partial charge < -0.3 is 9.64 Å². The number of ether oxygens (including phenoxy) is 1. The molecule has 8 nitrogen and oxygen atoms in total. The van der Waals surface area contributed by atoms with Crippen LogP contribution in [0, 0.1) is 18.3 Å². The summed E-state index contributed by atoms with van der Waals surface area (Å²) in [5.74, 6) is 0.611. The third kappa shape index (κ3) is 5.86. The molecule has 0 atom stereocenters. The SMILES string of the molecule is CCn1c(N2CCN(Cc3ccccc3)CC2)c(C=C2SC(=S)N(CCCOC)C2=O)c(C)c(C#N)c1=O. The minimum Gasteiger partial charge on any atom is -0.385 e. The summed E-state index contributed by atoms with van der Waals surface area (Å²) in [6.07, 6.45) is 2.51. The maximum atomic E-state index is 13.3. The lowest BCUT2D eigenvalue weighted by Gasteiger charge is -2.38. The summed E-state index contributed by atoms with van der Waals surface area (Å²) in [4.78, 5) is 33.3. The number of nitrogens with zero attached hydrogens (tertiary/aromatic N) is 5. The van der Waals surface area contributed by atoms with Gasteiger partial charge in [0, 0.05) is 65.1 Å². The molecule has 0 bridgehead atoms. The van der Waals surface area contributed by atoms with E-state index in [1.165, 1.54) is 17.3 Å². The van der Waals surface area contributed by atoms with Gasteiger partial charge in [-0.2, -0.15) is 5.26 Å². The number of pyridine rings is 1. The van der Waals surface area contributed by atoms with Crippen LogP contribution in [0.25, 0.3) is 6.08 Å². The Hall–Kier alpha value is -2.97. The van der Waals surface area contributed by atoms with E-state index in [0.717, 1.165) is 44.1 Å². The summed E-state index contributed by atoms with van der Waals surface area (Å²) in [5.41, 5.74) is 2.41. The Labute approximate surface area is 233 Å². The van der Waals surface area contributed by atoms with Gasteiger partial charge in [0.05, 0.1) is 4.91 Å². The molecule has 2 aliphatic heterocycles. The van der Waals surface area contributed by atoms with E-state index in [9.17, 15) is 14.9 Å². The summed E-state index contributed by atoms with van der Waals surface area (Å²) >= 11 is 6.76. The Morgan fingerprint density at radius 1 is 1.16 bits per heavy atom. The van der Waals surface area contributed by atoms with Gasteiger partial charge >= 0.3 is 0 Å².